The largest absolute Gasteiger partial charge is 0.348 e. The van der Waals surface area contributed by atoms with E-state index in [0.29, 0.717) is 10.7 Å². The quantitative estimate of drug-likeness (QED) is 0.353. The zero-order valence-electron chi connectivity index (χ0n) is 17.3. The van der Waals surface area contributed by atoms with Crippen LogP contribution in [0.25, 0.3) is 16.8 Å². The molecule has 7 heteroatoms. The van der Waals surface area contributed by atoms with Gasteiger partial charge in [0.1, 0.15) is 0 Å². The minimum atomic E-state index is -0.225. The van der Waals surface area contributed by atoms with Gasteiger partial charge < -0.3 is 5.32 Å². The summed E-state index contributed by atoms with van der Waals surface area (Å²) in [6.45, 7) is 3.94. The molecule has 0 unspecified atom stereocenters. The van der Waals surface area contributed by atoms with Gasteiger partial charge in [0.05, 0.1) is 29.2 Å². The number of ketones is 1. The number of carbonyl (C=O) groups excluding carboxylic acids is 2. The highest BCUT2D eigenvalue weighted by Crippen LogP contribution is 2.30. The number of Topliss-reactive ketones (excluding diaryl/α,β-unsaturated/α-hetero) is 1. The van der Waals surface area contributed by atoms with Gasteiger partial charge >= 0.3 is 0 Å². The van der Waals surface area contributed by atoms with Crippen LogP contribution in [-0.2, 0) is 4.79 Å². The topological polar surface area (TPSA) is 76.4 Å². The zero-order valence-corrected chi connectivity index (χ0v) is 18.1. The summed E-state index contributed by atoms with van der Waals surface area (Å²) in [5, 5.41) is 7.96. The molecule has 0 bridgehead atoms. The van der Waals surface area contributed by atoms with Crippen molar-refractivity contribution in [2.24, 2.45) is 0 Å². The standard InChI is InChI=1S/C24H22N4O2S/c1-16-13-17(2)27-28-23(16)22(19-11-7-4-8-12-19)26-24(28)31-15-21(30)25-14-20(29)18-9-5-3-6-10-18/h3-13H,14-15H2,1-2H3,(H,25,30). The SMILES string of the molecule is Cc1cc(C)c2c(-c3ccccc3)nc(SCC(=O)NCC(=O)c3ccccc3)n2n1. The summed E-state index contributed by atoms with van der Waals surface area (Å²) in [5.41, 5.74) is 5.30. The van der Waals surface area contributed by atoms with E-state index in [4.69, 9.17) is 4.98 Å². The van der Waals surface area contributed by atoms with E-state index >= 15 is 0 Å². The summed E-state index contributed by atoms with van der Waals surface area (Å²) in [4.78, 5) is 29.3. The molecule has 4 rings (SSSR count). The molecule has 0 saturated carbocycles. The number of nitrogens with one attached hydrogen (secondary N) is 1. The Hall–Kier alpha value is -3.45. The summed E-state index contributed by atoms with van der Waals surface area (Å²) < 4.78 is 1.81. The van der Waals surface area contributed by atoms with Crippen LogP contribution in [-0.4, -0.2) is 38.6 Å². The number of fused-ring (bicyclic) bond motifs is 1. The Morgan fingerprint density at radius 3 is 2.39 bits per heavy atom. The molecule has 156 valence electrons. The summed E-state index contributed by atoms with van der Waals surface area (Å²) in [6, 6.07) is 20.9. The van der Waals surface area contributed by atoms with Gasteiger partial charge in [0.2, 0.25) is 5.91 Å². The Kier molecular flexibility index (Phi) is 6.13. The minimum absolute atomic E-state index is 0.0303. The van der Waals surface area contributed by atoms with Crippen LogP contribution in [0.1, 0.15) is 21.6 Å². The lowest BCUT2D eigenvalue weighted by Crippen LogP contribution is -2.30. The Morgan fingerprint density at radius 1 is 1.00 bits per heavy atom. The number of rotatable bonds is 7. The lowest BCUT2D eigenvalue weighted by Gasteiger charge is -2.05. The predicted octanol–water partition coefficient (Wildman–Crippen LogP) is 4.10. The van der Waals surface area contributed by atoms with E-state index in [0.717, 1.165) is 28.0 Å². The molecule has 0 radical (unpaired) electrons. The summed E-state index contributed by atoms with van der Waals surface area (Å²) in [5.74, 6) is -0.203. The van der Waals surface area contributed by atoms with Crippen molar-refractivity contribution in [2.75, 3.05) is 12.3 Å². The van der Waals surface area contributed by atoms with Gasteiger partial charge in [-0.1, -0.05) is 72.4 Å². The Labute approximate surface area is 184 Å². The third kappa shape index (κ3) is 4.67. The second-order valence-corrected chi connectivity index (χ2v) is 8.14. The van der Waals surface area contributed by atoms with Gasteiger partial charge in [-0.15, -0.1) is 0 Å². The molecule has 1 N–H and O–H groups in total. The number of aromatic nitrogens is 3. The summed E-state index contributed by atoms with van der Waals surface area (Å²) in [7, 11) is 0. The van der Waals surface area contributed by atoms with E-state index in [1.807, 2.05) is 56.3 Å². The van der Waals surface area contributed by atoms with Crippen LogP contribution in [0.2, 0.25) is 0 Å². The molecule has 2 aromatic heterocycles. The number of hydrogen-bond acceptors (Lipinski definition) is 5. The van der Waals surface area contributed by atoms with Gasteiger partial charge in [0.15, 0.2) is 10.9 Å². The maximum atomic E-state index is 12.4. The fourth-order valence-electron chi connectivity index (χ4n) is 3.38. The number of hydrogen-bond donors (Lipinski definition) is 1. The van der Waals surface area contributed by atoms with E-state index in [9.17, 15) is 9.59 Å². The van der Waals surface area contributed by atoms with Crippen molar-refractivity contribution < 1.29 is 9.59 Å². The van der Waals surface area contributed by atoms with Crippen LogP contribution < -0.4 is 5.32 Å². The smallest absolute Gasteiger partial charge is 0.230 e. The molecule has 1 amide bonds. The molecule has 0 saturated heterocycles. The molecule has 2 aromatic carbocycles. The first-order chi connectivity index (χ1) is 15.0. The minimum Gasteiger partial charge on any atom is -0.348 e. The van der Waals surface area contributed by atoms with Crippen LogP contribution in [0.5, 0.6) is 0 Å². The number of carbonyl (C=O) groups is 2. The average molecular weight is 431 g/mol. The highest BCUT2D eigenvalue weighted by atomic mass is 32.2. The second-order valence-electron chi connectivity index (χ2n) is 7.19. The van der Waals surface area contributed by atoms with Crippen molar-refractivity contribution in [3.63, 3.8) is 0 Å². The number of imidazole rings is 1. The molecule has 0 aliphatic heterocycles. The van der Waals surface area contributed by atoms with E-state index in [-0.39, 0.29) is 24.0 Å². The van der Waals surface area contributed by atoms with Gasteiger partial charge in [-0.3, -0.25) is 9.59 Å². The lowest BCUT2D eigenvalue weighted by atomic mass is 10.1. The maximum absolute atomic E-state index is 12.4. The Morgan fingerprint density at radius 2 is 1.68 bits per heavy atom. The first-order valence-corrected chi connectivity index (χ1v) is 10.9. The molecule has 6 nitrogen and oxygen atoms in total. The van der Waals surface area contributed by atoms with Gasteiger partial charge in [-0.05, 0) is 25.5 Å². The van der Waals surface area contributed by atoms with Gasteiger partial charge in [-0.2, -0.15) is 5.10 Å². The monoisotopic (exact) mass is 430 g/mol. The zero-order chi connectivity index (χ0) is 21.8. The predicted molar refractivity (Wildman–Crippen MR) is 122 cm³/mol. The Balaban J connectivity index is 1.51. The summed E-state index contributed by atoms with van der Waals surface area (Å²) in [6.07, 6.45) is 0. The van der Waals surface area contributed by atoms with Crippen LogP contribution in [0.15, 0.2) is 71.9 Å². The maximum Gasteiger partial charge on any atom is 0.230 e. The molecule has 2 heterocycles. The van der Waals surface area contributed by atoms with E-state index in [1.165, 1.54) is 11.8 Å². The fourth-order valence-corrected chi connectivity index (χ4v) is 4.16. The lowest BCUT2D eigenvalue weighted by molar-refractivity contribution is -0.118. The molecule has 4 aromatic rings. The fraction of sp³-hybridized carbons (Fsp3) is 0.167. The van der Waals surface area contributed by atoms with Crippen LogP contribution in [0.4, 0.5) is 0 Å². The molecule has 0 spiro atoms. The van der Waals surface area contributed by atoms with E-state index in [2.05, 4.69) is 10.4 Å². The van der Waals surface area contributed by atoms with Crippen molar-refractivity contribution in [3.05, 3.63) is 83.6 Å². The average Bonchev–Trinajstić information content (AvgIpc) is 3.16. The number of thioether (sulfide) groups is 1. The van der Waals surface area contributed by atoms with Crippen molar-refractivity contribution in [1.29, 1.82) is 0 Å². The van der Waals surface area contributed by atoms with E-state index in [1.54, 1.807) is 28.8 Å². The second kappa shape index (κ2) is 9.14. The molecule has 0 aliphatic carbocycles. The molecular weight excluding hydrogens is 408 g/mol. The number of nitrogens with zero attached hydrogens (tertiary/aromatic N) is 3. The van der Waals surface area contributed by atoms with Crippen molar-refractivity contribution in [2.45, 2.75) is 19.0 Å². The van der Waals surface area contributed by atoms with Crippen molar-refractivity contribution >= 4 is 29.0 Å². The van der Waals surface area contributed by atoms with Crippen LogP contribution in [0, 0.1) is 13.8 Å². The van der Waals surface area contributed by atoms with Crippen LogP contribution in [0.3, 0.4) is 0 Å². The number of aryl methyl sites for hydroxylation is 2. The summed E-state index contributed by atoms with van der Waals surface area (Å²) >= 11 is 1.30. The van der Waals surface area contributed by atoms with Crippen molar-refractivity contribution in [1.82, 2.24) is 19.9 Å². The van der Waals surface area contributed by atoms with Gasteiger partial charge in [0.25, 0.3) is 0 Å². The van der Waals surface area contributed by atoms with E-state index < -0.39 is 0 Å². The molecule has 0 aliphatic rings. The first-order valence-electron chi connectivity index (χ1n) is 9.93. The molecule has 0 fully saturated rings. The van der Waals surface area contributed by atoms with Crippen molar-refractivity contribution in [3.8, 4) is 11.3 Å². The number of amides is 1. The molecular formula is C24H22N4O2S. The first kappa shape index (κ1) is 20.8. The van der Waals surface area contributed by atoms with Crippen LogP contribution >= 0.6 is 11.8 Å². The molecule has 0 atom stereocenters. The van der Waals surface area contributed by atoms with Gasteiger partial charge in [0, 0.05) is 11.1 Å². The molecule has 31 heavy (non-hydrogen) atoms. The Bertz CT molecular complexity index is 1240. The highest BCUT2D eigenvalue weighted by molar-refractivity contribution is 7.99. The highest BCUT2D eigenvalue weighted by Gasteiger charge is 2.18. The third-order valence-corrected chi connectivity index (χ3v) is 5.73. The number of benzene rings is 2. The third-order valence-electron chi connectivity index (χ3n) is 4.80. The van der Waals surface area contributed by atoms with Gasteiger partial charge in [-0.25, -0.2) is 9.50 Å². The normalized spacial score (nSPS) is 10.9.